The lowest BCUT2D eigenvalue weighted by Crippen LogP contribution is -2.09. The first-order chi connectivity index (χ1) is 10.1. The first kappa shape index (κ1) is 13.0. The molecule has 3 rings (SSSR count). The molecule has 0 aliphatic carbocycles. The first-order valence-corrected chi connectivity index (χ1v) is 6.29. The van der Waals surface area contributed by atoms with E-state index in [9.17, 15) is 9.59 Å². The molecule has 0 fully saturated rings. The Kier molecular flexibility index (Phi) is 3.02. The van der Waals surface area contributed by atoms with E-state index in [1.165, 1.54) is 0 Å². The molecule has 0 bridgehead atoms. The molecule has 0 saturated carbocycles. The van der Waals surface area contributed by atoms with E-state index in [1.54, 1.807) is 19.1 Å². The van der Waals surface area contributed by atoms with Crippen LogP contribution in [-0.2, 0) is 0 Å². The lowest BCUT2D eigenvalue weighted by atomic mass is 10.2. The van der Waals surface area contributed by atoms with Gasteiger partial charge < -0.3 is 4.52 Å². The zero-order valence-electron chi connectivity index (χ0n) is 11.4. The van der Waals surface area contributed by atoms with Crippen molar-refractivity contribution in [2.45, 2.75) is 13.8 Å². The van der Waals surface area contributed by atoms with E-state index in [0.717, 1.165) is 5.56 Å². The van der Waals surface area contributed by atoms with Gasteiger partial charge in [-0.1, -0.05) is 17.7 Å². The van der Waals surface area contributed by atoms with E-state index in [2.05, 4.69) is 20.4 Å². The highest BCUT2D eigenvalue weighted by Gasteiger charge is 2.14. The number of H-pyrrole nitrogens is 2. The van der Waals surface area contributed by atoms with E-state index in [0.29, 0.717) is 11.3 Å². The smallest absolute Gasteiger partial charge is 0.289 e. The Morgan fingerprint density at radius 3 is 2.43 bits per heavy atom. The molecule has 0 aliphatic rings. The maximum Gasteiger partial charge on any atom is 0.289 e. The number of fused-ring (bicyclic) bond motifs is 1. The van der Waals surface area contributed by atoms with Gasteiger partial charge in [-0.05, 0) is 26.0 Å². The van der Waals surface area contributed by atoms with Crippen LogP contribution in [0.15, 0.2) is 48.6 Å². The van der Waals surface area contributed by atoms with Gasteiger partial charge >= 0.3 is 0 Å². The van der Waals surface area contributed by atoms with Crippen LogP contribution < -0.4 is 11.1 Å². The summed E-state index contributed by atoms with van der Waals surface area (Å²) in [5.41, 5.74) is 1.49. The molecule has 2 aromatic heterocycles. The Bertz CT molecular complexity index is 945. The Balaban J connectivity index is 2.12. The molecule has 7 nitrogen and oxygen atoms in total. The molecule has 0 atom stereocenters. The molecule has 0 spiro atoms. The number of nitrogens with one attached hydrogen (secondary N) is 2. The average molecular weight is 284 g/mol. The first-order valence-electron chi connectivity index (χ1n) is 6.29. The monoisotopic (exact) mass is 284 g/mol. The molecular formula is C14H12N4O3. The van der Waals surface area contributed by atoms with Crippen molar-refractivity contribution < 1.29 is 4.52 Å². The summed E-state index contributed by atoms with van der Waals surface area (Å²) < 4.78 is 4.88. The average Bonchev–Trinajstić information content (AvgIpc) is 2.82. The third-order valence-electron chi connectivity index (χ3n) is 3.17. The second-order valence-electron chi connectivity index (χ2n) is 4.70. The van der Waals surface area contributed by atoms with Gasteiger partial charge in [-0.2, -0.15) is 10.3 Å². The van der Waals surface area contributed by atoms with Crippen molar-refractivity contribution in [1.82, 2.24) is 10.1 Å². The van der Waals surface area contributed by atoms with Gasteiger partial charge in [0.2, 0.25) is 5.71 Å². The third-order valence-corrected chi connectivity index (χ3v) is 3.17. The Morgan fingerprint density at radius 1 is 1.00 bits per heavy atom. The van der Waals surface area contributed by atoms with Crippen LogP contribution in [0.5, 0.6) is 0 Å². The number of rotatable bonds is 2. The van der Waals surface area contributed by atoms with E-state index in [-0.39, 0.29) is 16.8 Å². The van der Waals surface area contributed by atoms with Crippen molar-refractivity contribution >= 4 is 22.5 Å². The standard InChI is InChI=1S/C14H12N4O3/c1-7-3-5-9(6-4-7)16-17-11-8(2)10-12(19)18-21-14(10)15-13(11)20/h3-6H,1-2H3,(H,15,20)(H,18,19). The number of aromatic amines is 2. The zero-order valence-corrected chi connectivity index (χ0v) is 11.4. The van der Waals surface area contributed by atoms with Gasteiger partial charge in [0.15, 0.2) is 5.69 Å². The minimum atomic E-state index is -0.460. The van der Waals surface area contributed by atoms with Crippen LogP contribution in [0.1, 0.15) is 11.1 Å². The van der Waals surface area contributed by atoms with Crippen LogP contribution in [0.2, 0.25) is 0 Å². The van der Waals surface area contributed by atoms with Gasteiger partial charge in [0.25, 0.3) is 11.1 Å². The Morgan fingerprint density at radius 2 is 1.71 bits per heavy atom. The predicted molar refractivity (Wildman–Crippen MR) is 77.5 cm³/mol. The van der Waals surface area contributed by atoms with Crippen LogP contribution in [0.4, 0.5) is 11.4 Å². The van der Waals surface area contributed by atoms with Gasteiger partial charge in [0, 0.05) is 5.56 Å². The predicted octanol–water partition coefficient (Wildman–Crippen LogP) is 2.84. The van der Waals surface area contributed by atoms with Crippen LogP contribution in [0, 0.1) is 13.8 Å². The van der Waals surface area contributed by atoms with E-state index in [4.69, 9.17) is 4.52 Å². The molecule has 0 saturated heterocycles. The van der Waals surface area contributed by atoms with E-state index < -0.39 is 11.1 Å². The molecule has 0 radical (unpaired) electrons. The lowest BCUT2D eigenvalue weighted by Gasteiger charge is -1.98. The Hall–Kier alpha value is -2.96. The molecule has 0 aliphatic heterocycles. The molecule has 3 aromatic rings. The highest BCUT2D eigenvalue weighted by molar-refractivity contribution is 5.80. The summed E-state index contributed by atoms with van der Waals surface area (Å²) >= 11 is 0. The topological polar surface area (TPSA) is 104 Å². The molecule has 1 aromatic carbocycles. The maximum atomic E-state index is 12.0. The second kappa shape index (κ2) is 4.86. The van der Waals surface area contributed by atoms with Crippen LogP contribution in [0.25, 0.3) is 11.1 Å². The summed E-state index contributed by atoms with van der Waals surface area (Å²) in [5.74, 6) is 0. The number of benzene rings is 1. The minimum absolute atomic E-state index is 0.0926. The molecule has 7 heteroatoms. The minimum Gasteiger partial charge on any atom is -0.360 e. The SMILES string of the molecule is Cc1ccc(N=Nc2c(C)c3c(=O)[nH]oc3[nH]c2=O)cc1. The van der Waals surface area contributed by atoms with Crippen LogP contribution >= 0.6 is 0 Å². The quantitative estimate of drug-likeness (QED) is 0.707. The lowest BCUT2D eigenvalue weighted by molar-refractivity contribution is 0.441. The summed E-state index contributed by atoms with van der Waals surface area (Å²) in [7, 11) is 0. The van der Waals surface area contributed by atoms with Crippen molar-refractivity contribution in [3.8, 4) is 0 Å². The number of pyridine rings is 1. The van der Waals surface area contributed by atoms with E-state index >= 15 is 0 Å². The number of hydrogen-bond acceptors (Lipinski definition) is 5. The molecule has 0 unspecified atom stereocenters. The largest absolute Gasteiger partial charge is 0.360 e. The fourth-order valence-corrected chi connectivity index (χ4v) is 2.02. The van der Waals surface area contributed by atoms with Crippen LogP contribution in [-0.4, -0.2) is 10.1 Å². The number of hydrogen-bond donors (Lipinski definition) is 2. The van der Waals surface area contributed by atoms with Crippen molar-refractivity contribution in [2.75, 3.05) is 0 Å². The van der Waals surface area contributed by atoms with Crippen molar-refractivity contribution in [1.29, 1.82) is 0 Å². The Labute approximate surface area is 118 Å². The normalized spacial score (nSPS) is 11.5. The fourth-order valence-electron chi connectivity index (χ4n) is 2.02. The molecule has 2 N–H and O–H groups in total. The summed E-state index contributed by atoms with van der Waals surface area (Å²) in [5, 5.41) is 10.4. The maximum absolute atomic E-state index is 12.0. The summed E-state index contributed by atoms with van der Waals surface area (Å²) in [4.78, 5) is 26.0. The number of aryl methyl sites for hydroxylation is 2. The second-order valence-corrected chi connectivity index (χ2v) is 4.70. The van der Waals surface area contributed by atoms with E-state index in [1.807, 2.05) is 19.1 Å². The highest BCUT2D eigenvalue weighted by atomic mass is 16.5. The fraction of sp³-hybridized carbons (Fsp3) is 0.143. The van der Waals surface area contributed by atoms with Gasteiger partial charge in [0.1, 0.15) is 5.39 Å². The third kappa shape index (κ3) is 2.29. The molecular weight excluding hydrogens is 272 g/mol. The van der Waals surface area contributed by atoms with Crippen LogP contribution in [0.3, 0.4) is 0 Å². The summed E-state index contributed by atoms with van der Waals surface area (Å²) in [6.07, 6.45) is 0. The summed E-state index contributed by atoms with van der Waals surface area (Å²) in [6, 6.07) is 7.39. The highest BCUT2D eigenvalue weighted by Crippen LogP contribution is 2.22. The van der Waals surface area contributed by atoms with Gasteiger partial charge in [-0.3, -0.25) is 14.6 Å². The number of azo groups is 1. The number of nitrogens with zero attached hydrogens (tertiary/aromatic N) is 2. The summed E-state index contributed by atoms with van der Waals surface area (Å²) in [6.45, 7) is 3.60. The van der Waals surface area contributed by atoms with Gasteiger partial charge in [-0.15, -0.1) is 5.11 Å². The zero-order chi connectivity index (χ0) is 15.0. The molecule has 0 amide bonds. The molecule has 21 heavy (non-hydrogen) atoms. The van der Waals surface area contributed by atoms with Gasteiger partial charge in [0.05, 0.1) is 5.69 Å². The van der Waals surface area contributed by atoms with Crippen molar-refractivity contribution in [2.24, 2.45) is 10.2 Å². The van der Waals surface area contributed by atoms with Gasteiger partial charge in [-0.25, -0.2) is 0 Å². The van der Waals surface area contributed by atoms with Crippen molar-refractivity contribution in [3.05, 3.63) is 56.1 Å². The van der Waals surface area contributed by atoms with Crippen molar-refractivity contribution in [3.63, 3.8) is 0 Å². The molecule has 106 valence electrons. The molecule has 2 heterocycles. The number of aromatic nitrogens is 2.